The third kappa shape index (κ3) is 2.49. The molecule has 3 rings (SSSR count). The zero-order chi connectivity index (χ0) is 13.9. The number of carbonyl (C=O) groups is 1. The van der Waals surface area contributed by atoms with E-state index in [-0.39, 0.29) is 12.5 Å². The molecule has 1 aliphatic heterocycles. The van der Waals surface area contributed by atoms with Crippen LogP contribution in [0.4, 0.5) is 0 Å². The van der Waals surface area contributed by atoms with Gasteiger partial charge in [-0.1, -0.05) is 0 Å². The molecular formula is C16H24N2O2. The molecule has 1 amide bonds. The molecule has 20 heavy (non-hydrogen) atoms. The number of likely N-dealkylation sites (tertiary alicyclic amines) is 1. The molecule has 0 aromatic carbocycles. The van der Waals surface area contributed by atoms with Crippen molar-refractivity contribution in [2.45, 2.75) is 57.0 Å². The van der Waals surface area contributed by atoms with E-state index in [9.17, 15) is 4.79 Å². The van der Waals surface area contributed by atoms with Gasteiger partial charge in [0.1, 0.15) is 5.69 Å². The lowest BCUT2D eigenvalue weighted by molar-refractivity contribution is 0.0707. The molecule has 1 atom stereocenters. The average molecular weight is 276 g/mol. The number of rotatable bonds is 5. The van der Waals surface area contributed by atoms with Crippen molar-refractivity contribution in [2.24, 2.45) is 0 Å². The summed E-state index contributed by atoms with van der Waals surface area (Å²) in [6.45, 7) is 1.09. The highest BCUT2D eigenvalue weighted by atomic mass is 16.3. The monoisotopic (exact) mass is 276 g/mol. The molecule has 1 N–H and O–H groups in total. The Kier molecular flexibility index (Phi) is 4.10. The summed E-state index contributed by atoms with van der Waals surface area (Å²) in [5.74, 6) is 0.183. The van der Waals surface area contributed by atoms with E-state index in [0.29, 0.717) is 12.1 Å². The van der Waals surface area contributed by atoms with Crippen molar-refractivity contribution >= 4 is 5.91 Å². The highest BCUT2D eigenvalue weighted by molar-refractivity contribution is 5.93. The Hall–Kier alpha value is -1.29. The molecule has 4 nitrogen and oxygen atoms in total. The molecule has 1 aromatic heterocycles. The van der Waals surface area contributed by atoms with Crippen LogP contribution in [0, 0.1) is 0 Å². The second-order valence-electron chi connectivity index (χ2n) is 6.05. The van der Waals surface area contributed by atoms with E-state index in [0.717, 1.165) is 37.9 Å². The summed E-state index contributed by atoms with van der Waals surface area (Å²) in [5, 5.41) is 8.98. The first-order chi connectivity index (χ1) is 9.81. The quantitative estimate of drug-likeness (QED) is 0.898. The fraction of sp³-hybridized carbons (Fsp3) is 0.688. The summed E-state index contributed by atoms with van der Waals surface area (Å²) in [6, 6.07) is 4.80. The third-order valence-electron chi connectivity index (χ3n) is 4.80. The van der Waals surface area contributed by atoms with Gasteiger partial charge in [-0.2, -0.15) is 0 Å². The molecule has 0 radical (unpaired) electrons. The molecule has 0 spiro atoms. The first-order valence-corrected chi connectivity index (χ1v) is 7.90. The lowest BCUT2D eigenvalue weighted by Crippen LogP contribution is -2.37. The smallest absolute Gasteiger partial charge is 0.270 e. The first kappa shape index (κ1) is 13.7. The van der Waals surface area contributed by atoms with Gasteiger partial charge in [0.05, 0.1) is 0 Å². The van der Waals surface area contributed by atoms with Gasteiger partial charge in [-0.05, 0) is 57.1 Å². The lowest BCUT2D eigenvalue weighted by Gasteiger charge is -2.31. The van der Waals surface area contributed by atoms with Crippen LogP contribution in [-0.2, 0) is 0 Å². The van der Waals surface area contributed by atoms with Crippen molar-refractivity contribution < 1.29 is 9.90 Å². The molecule has 1 unspecified atom stereocenters. The van der Waals surface area contributed by atoms with Crippen molar-refractivity contribution in [1.82, 2.24) is 9.47 Å². The first-order valence-electron chi connectivity index (χ1n) is 7.90. The molecule has 2 fully saturated rings. The summed E-state index contributed by atoms with van der Waals surface area (Å²) < 4.78 is 2.17. The SMILES string of the molecule is O=C(c1cccn1C1CCC1)N1CCCC1CCCO. The van der Waals surface area contributed by atoms with Crippen LogP contribution in [0.3, 0.4) is 0 Å². The Morgan fingerprint density at radius 1 is 1.30 bits per heavy atom. The van der Waals surface area contributed by atoms with Gasteiger partial charge < -0.3 is 14.6 Å². The molecule has 2 aliphatic rings. The maximum absolute atomic E-state index is 12.8. The van der Waals surface area contributed by atoms with Crippen LogP contribution in [0.5, 0.6) is 0 Å². The summed E-state index contributed by atoms with van der Waals surface area (Å²) in [6.07, 6.45) is 9.60. The minimum absolute atomic E-state index is 0.183. The molecular weight excluding hydrogens is 252 g/mol. The minimum atomic E-state index is 0.183. The number of amides is 1. The standard InChI is InChI=1S/C16H24N2O2/c19-12-4-8-14-7-2-11-18(14)16(20)15-9-3-10-17(15)13-5-1-6-13/h3,9-10,13-14,19H,1-2,4-8,11-12H2. The van der Waals surface area contributed by atoms with Crippen molar-refractivity contribution in [2.75, 3.05) is 13.2 Å². The third-order valence-corrected chi connectivity index (χ3v) is 4.80. The molecule has 1 saturated heterocycles. The van der Waals surface area contributed by atoms with Gasteiger partial charge in [0.25, 0.3) is 5.91 Å². The largest absolute Gasteiger partial charge is 0.396 e. The molecule has 0 bridgehead atoms. The molecule has 2 heterocycles. The molecule has 1 saturated carbocycles. The van der Waals surface area contributed by atoms with Crippen LogP contribution in [0.2, 0.25) is 0 Å². The Labute approximate surface area is 120 Å². The van der Waals surface area contributed by atoms with Gasteiger partial charge in [0, 0.05) is 31.4 Å². The fourth-order valence-corrected chi connectivity index (χ4v) is 3.44. The van der Waals surface area contributed by atoms with Gasteiger partial charge in [0.2, 0.25) is 0 Å². The molecule has 1 aromatic rings. The van der Waals surface area contributed by atoms with E-state index in [1.165, 1.54) is 19.3 Å². The zero-order valence-corrected chi connectivity index (χ0v) is 12.0. The molecule has 4 heteroatoms. The molecule has 1 aliphatic carbocycles. The number of carbonyl (C=O) groups excluding carboxylic acids is 1. The predicted molar refractivity (Wildman–Crippen MR) is 77.7 cm³/mol. The Morgan fingerprint density at radius 3 is 2.85 bits per heavy atom. The van der Waals surface area contributed by atoms with Crippen molar-refractivity contribution in [3.05, 3.63) is 24.0 Å². The Bertz CT molecular complexity index is 465. The van der Waals surface area contributed by atoms with E-state index in [1.54, 1.807) is 0 Å². The normalized spacial score (nSPS) is 23.1. The van der Waals surface area contributed by atoms with Crippen LogP contribution in [0.1, 0.15) is 61.5 Å². The maximum Gasteiger partial charge on any atom is 0.270 e. The predicted octanol–water partition coefficient (Wildman–Crippen LogP) is 2.59. The zero-order valence-electron chi connectivity index (χ0n) is 12.0. The number of hydrogen-bond donors (Lipinski definition) is 1. The van der Waals surface area contributed by atoms with Crippen LogP contribution in [0.15, 0.2) is 18.3 Å². The van der Waals surface area contributed by atoms with E-state index >= 15 is 0 Å². The summed E-state index contributed by atoms with van der Waals surface area (Å²) >= 11 is 0. The van der Waals surface area contributed by atoms with E-state index in [1.807, 2.05) is 17.0 Å². The molecule has 110 valence electrons. The van der Waals surface area contributed by atoms with Crippen LogP contribution in [0.25, 0.3) is 0 Å². The number of aliphatic hydroxyl groups is 1. The Balaban J connectivity index is 1.73. The second kappa shape index (κ2) is 6.00. The van der Waals surface area contributed by atoms with Crippen LogP contribution >= 0.6 is 0 Å². The summed E-state index contributed by atoms with van der Waals surface area (Å²) in [7, 11) is 0. The van der Waals surface area contributed by atoms with Gasteiger partial charge >= 0.3 is 0 Å². The fourth-order valence-electron chi connectivity index (χ4n) is 3.44. The number of hydrogen-bond acceptors (Lipinski definition) is 2. The van der Waals surface area contributed by atoms with Crippen LogP contribution < -0.4 is 0 Å². The van der Waals surface area contributed by atoms with Crippen molar-refractivity contribution in [3.63, 3.8) is 0 Å². The number of nitrogens with zero attached hydrogens (tertiary/aromatic N) is 2. The maximum atomic E-state index is 12.8. The van der Waals surface area contributed by atoms with Gasteiger partial charge in [-0.3, -0.25) is 4.79 Å². The van der Waals surface area contributed by atoms with Gasteiger partial charge in [-0.15, -0.1) is 0 Å². The highest BCUT2D eigenvalue weighted by Gasteiger charge is 2.31. The highest BCUT2D eigenvalue weighted by Crippen LogP contribution is 2.33. The van der Waals surface area contributed by atoms with Crippen molar-refractivity contribution in [3.8, 4) is 0 Å². The topological polar surface area (TPSA) is 45.5 Å². The van der Waals surface area contributed by atoms with E-state index in [4.69, 9.17) is 5.11 Å². The minimum Gasteiger partial charge on any atom is -0.396 e. The summed E-state index contributed by atoms with van der Waals surface area (Å²) in [4.78, 5) is 14.8. The average Bonchev–Trinajstić information content (AvgIpc) is 3.02. The number of aliphatic hydroxyl groups excluding tert-OH is 1. The van der Waals surface area contributed by atoms with E-state index in [2.05, 4.69) is 10.8 Å². The summed E-state index contributed by atoms with van der Waals surface area (Å²) in [5.41, 5.74) is 0.852. The second-order valence-corrected chi connectivity index (χ2v) is 6.05. The van der Waals surface area contributed by atoms with E-state index < -0.39 is 0 Å². The Morgan fingerprint density at radius 2 is 2.15 bits per heavy atom. The van der Waals surface area contributed by atoms with Gasteiger partial charge in [-0.25, -0.2) is 0 Å². The lowest BCUT2D eigenvalue weighted by atomic mass is 9.93. The van der Waals surface area contributed by atoms with Crippen LogP contribution in [-0.4, -0.2) is 39.7 Å². The number of aromatic nitrogens is 1. The van der Waals surface area contributed by atoms with Crippen molar-refractivity contribution in [1.29, 1.82) is 0 Å². The van der Waals surface area contributed by atoms with Gasteiger partial charge in [0.15, 0.2) is 0 Å².